The number of benzene rings is 1. The van der Waals surface area contributed by atoms with Gasteiger partial charge in [0.2, 0.25) is 0 Å². The van der Waals surface area contributed by atoms with Crippen molar-refractivity contribution >= 4 is 12.1 Å². The maximum atomic E-state index is 10.7. The van der Waals surface area contributed by atoms with Crippen LogP contribution < -0.4 is 5.73 Å². The summed E-state index contributed by atoms with van der Waals surface area (Å²) in [6.45, 7) is 4.20. The normalized spacial score (nSPS) is 10.6. The van der Waals surface area contributed by atoms with Crippen molar-refractivity contribution in [2.75, 3.05) is 5.73 Å². The van der Waals surface area contributed by atoms with Crippen molar-refractivity contribution in [3.63, 3.8) is 0 Å². The van der Waals surface area contributed by atoms with Crippen molar-refractivity contribution in [2.24, 2.45) is 0 Å². The molecule has 0 bridgehead atoms. The first-order valence-corrected chi connectivity index (χ1v) is 7.93. The van der Waals surface area contributed by atoms with Crippen LogP contribution in [0.5, 0.6) is 0 Å². The van der Waals surface area contributed by atoms with E-state index in [0.29, 0.717) is 11.4 Å². The number of anilines is 1. The lowest BCUT2D eigenvalue weighted by molar-refractivity contribution is 0.112. The fourth-order valence-corrected chi connectivity index (χ4v) is 2.59. The lowest BCUT2D eigenvalue weighted by Gasteiger charge is -2.11. The van der Waals surface area contributed by atoms with E-state index in [9.17, 15) is 4.79 Å². The number of aromatic nitrogens is 1. The van der Waals surface area contributed by atoms with Gasteiger partial charge in [0.15, 0.2) is 0 Å². The molecule has 0 aliphatic heterocycles. The predicted molar refractivity (Wildman–Crippen MR) is 91.3 cm³/mol. The van der Waals surface area contributed by atoms with Gasteiger partial charge in [0.25, 0.3) is 0 Å². The molecule has 0 saturated heterocycles. The molecule has 2 rings (SSSR count). The number of aldehydes is 1. The summed E-state index contributed by atoms with van der Waals surface area (Å²) < 4.78 is 0. The second kappa shape index (κ2) is 7.74. The summed E-state index contributed by atoms with van der Waals surface area (Å²) >= 11 is 0. The average molecular weight is 296 g/mol. The molecule has 1 aromatic carbocycles. The van der Waals surface area contributed by atoms with Crippen LogP contribution in [0, 0.1) is 6.92 Å². The number of aryl methyl sites for hydroxylation is 2. The Morgan fingerprint density at radius 1 is 1.14 bits per heavy atom. The topological polar surface area (TPSA) is 56.0 Å². The first-order valence-electron chi connectivity index (χ1n) is 7.93. The van der Waals surface area contributed by atoms with Gasteiger partial charge in [-0.15, -0.1) is 0 Å². The van der Waals surface area contributed by atoms with Gasteiger partial charge in [0, 0.05) is 11.3 Å². The third kappa shape index (κ3) is 4.17. The highest BCUT2D eigenvalue weighted by Gasteiger charge is 2.08. The third-order valence-corrected chi connectivity index (χ3v) is 3.99. The number of carbonyl (C=O) groups excluding carboxylic acids is 1. The van der Waals surface area contributed by atoms with E-state index in [1.165, 1.54) is 24.0 Å². The predicted octanol–water partition coefficient (Wildman–Crippen LogP) is 4.11. The van der Waals surface area contributed by atoms with E-state index in [0.717, 1.165) is 36.8 Å². The molecule has 2 N–H and O–H groups in total. The minimum atomic E-state index is 0.661. The Balaban J connectivity index is 2.18. The molecule has 3 nitrogen and oxygen atoms in total. The highest BCUT2D eigenvalue weighted by molar-refractivity contribution is 5.74. The molecular formula is C19H24N2O. The van der Waals surface area contributed by atoms with Gasteiger partial charge >= 0.3 is 0 Å². The molecule has 116 valence electrons. The second-order valence-corrected chi connectivity index (χ2v) is 5.77. The number of unbranched alkanes of at least 4 members (excludes halogenated alkanes) is 2. The molecular weight excluding hydrogens is 272 g/mol. The van der Waals surface area contributed by atoms with Crippen molar-refractivity contribution in [3.8, 4) is 0 Å². The number of pyridine rings is 1. The van der Waals surface area contributed by atoms with Crippen LogP contribution in [0.2, 0.25) is 0 Å². The Kier molecular flexibility index (Phi) is 5.70. The van der Waals surface area contributed by atoms with E-state index in [1.54, 1.807) is 0 Å². The van der Waals surface area contributed by atoms with Crippen molar-refractivity contribution in [1.82, 2.24) is 4.98 Å². The highest BCUT2D eigenvalue weighted by Crippen LogP contribution is 2.20. The van der Waals surface area contributed by atoms with E-state index in [-0.39, 0.29) is 0 Å². The van der Waals surface area contributed by atoms with Gasteiger partial charge < -0.3 is 5.73 Å². The van der Waals surface area contributed by atoms with Gasteiger partial charge in [0.1, 0.15) is 12.1 Å². The molecule has 3 heteroatoms. The number of carbonyl (C=O) groups is 1. The molecule has 22 heavy (non-hydrogen) atoms. The van der Waals surface area contributed by atoms with Gasteiger partial charge in [-0.2, -0.15) is 0 Å². The van der Waals surface area contributed by atoms with Crippen LogP contribution >= 0.6 is 0 Å². The molecule has 0 fully saturated rings. The van der Waals surface area contributed by atoms with Gasteiger partial charge in [-0.25, -0.2) is 4.98 Å². The molecule has 0 spiro atoms. The number of hydrogen-bond donors (Lipinski definition) is 1. The molecule has 0 saturated carbocycles. The Morgan fingerprint density at radius 2 is 1.86 bits per heavy atom. The van der Waals surface area contributed by atoms with Crippen LogP contribution in [0.3, 0.4) is 0 Å². The molecule has 1 heterocycles. The van der Waals surface area contributed by atoms with Gasteiger partial charge in [-0.1, -0.05) is 50.1 Å². The number of nitrogen functional groups attached to an aromatic ring is 1. The fourth-order valence-electron chi connectivity index (χ4n) is 2.59. The van der Waals surface area contributed by atoms with Gasteiger partial charge in [-0.3, -0.25) is 4.79 Å². The quantitative estimate of drug-likeness (QED) is 0.618. The van der Waals surface area contributed by atoms with E-state index in [2.05, 4.69) is 18.0 Å². The molecule has 0 atom stereocenters. The van der Waals surface area contributed by atoms with E-state index in [1.807, 2.05) is 31.2 Å². The monoisotopic (exact) mass is 296 g/mol. The second-order valence-electron chi connectivity index (χ2n) is 5.77. The van der Waals surface area contributed by atoms with E-state index >= 15 is 0 Å². The van der Waals surface area contributed by atoms with Crippen LogP contribution in [-0.2, 0) is 12.8 Å². The van der Waals surface area contributed by atoms with Crippen molar-refractivity contribution in [3.05, 3.63) is 58.3 Å². The minimum absolute atomic E-state index is 0.661. The van der Waals surface area contributed by atoms with Crippen LogP contribution in [-0.4, -0.2) is 11.3 Å². The molecule has 1 aromatic heterocycles. The van der Waals surface area contributed by atoms with Crippen molar-refractivity contribution in [1.29, 1.82) is 0 Å². The third-order valence-electron chi connectivity index (χ3n) is 3.99. The summed E-state index contributed by atoms with van der Waals surface area (Å²) in [5.41, 5.74) is 11.3. The van der Waals surface area contributed by atoms with Crippen molar-refractivity contribution in [2.45, 2.75) is 46.0 Å². The summed E-state index contributed by atoms with van der Waals surface area (Å²) in [5.74, 6) is 0.661. The summed E-state index contributed by atoms with van der Waals surface area (Å²) in [5, 5.41) is 0. The standard InChI is InChI=1S/C19H24N2O/c1-3-4-5-6-17-12-18(14(2)21-19(17)20)11-15-7-9-16(13-22)10-8-15/h7-10,12-13H,3-6,11H2,1-2H3,(H2,20,21). The number of nitrogens with two attached hydrogens (primary N) is 1. The maximum absolute atomic E-state index is 10.7. The fraction of sp³-hybridized carbons (Fsp3) is 0.368. The molecule has 0 aliphatic rings. The van der Waals surface area contributed by atoms with Crippen LogP contribution in [0.25, 0.3) is 0 Å². The molecule has 0 unspecified atom stereocenters. The zero-order chi connectivity index (χ0) is 15.9. The first-order chi connectivity index (χ1) is 10.6. The average Bonchev–Trinajstić information content (AvgIpc) is 2.52. The summed E-state index contributed by atoms with van der Waals surface area (Å²) in [4.78, 5) is 15.2. The SMILES string of the molecule is CCCCCc1cc(Cc2ccc(C=O)cc2)c(C)nc1N. The smallest absolute Gasteiger partial charge is 0.150 e. The zero-order valence-electron chi connectivity index (χ0n) is 13.4. The minimum Gasteiger partial charge on any atom is -0.383 e. The summed E-state index contributed by atoms with van der Waals surface area (Å²) in [6, 6.07) is 9.89. The molecule has 0 radical (unpaired) electrons. The lowest BCUT2D eigenvalue weighted by atomic mass is 9.99. The largest absolute Gasteiger partial charge is 0.383 e. The van der Waals surface area contributed by atoms with Gasteiger partial charge in [0.05, 0.1) is 0 Å². The lowest BCUT2D eigenvalue weighted by Crippen LogP contribution is -2.04. The Morgan fingerprint density at radius 3 is 2.50 bits per heavy atom. The Labute approximate surface area is 132 Å². The van der Waals surface area contributed by atoms with E-state index < -0.39 is 0 Å². The number of hydrogen-bond acceptors (Lipinski definition) is 3. The van der Waals surface area contributed by atoms with Crippen LogP contribution in [0.4, 0.5) is 5.82 Å². The Hall–Kier alpha value is -2.16. The van der Waals surface area contributed by atoms with Crippen LogP contribution in [0.15, 0.2) is 30.3 Å². The number of nitrogens with zero attached hydrogens (tertiary/aromatic N) is 1. The van der Waals surface area contributed by atoms with E-state index in [4.69, 9.17) is 5.73 Å². The Bertz CT molecular complexity index is 633. The number of rotatable bonds is 7. The first kappa shape index (κ1) is 16.2. The molecule has 0 amide bonds. The summed E-state index contributed by atoms with van der Waals surface area (Å²) in [6.07, 6.45) is 6.25. The molecule has 0 aliphatic carbocycles. The molecule has 2 aromatic rings. The zero-order valence-corrected chi connectivity index (χ0v) is 13.4. The summed E-state index contributed by atoms with van der Waals surface area (Å²) in [7, 11) is 0. The van der Waals surface area contributed by atoms with Gasteiger partial charge in [-0.05, 0) is 42.9 Å². The van der Waals surface area contributed by atoms with Crippen molar-refractivity contribution < 1.29 is 4.79 Å². The maximum Gasteiger partial charge on any atom is 0.150 e. The highest BCUT2D eigenvalue weighted by atomic mass is 16.1. The van der Waals surface area contributed by atoms with Crippen LogP contribution in [0.1, 0.15) is 58.9 Å².